The van der Waals surface area contributed by atoms with E-state index in [0.717, 1.165) is 16.5 Å². The molecule has 2 aromatic heterocycles. The molecule has 2 heterocycles. The molecule has 1 unspecified atom stereocenters. The summed E-state index contributed by atoms with van der Waals surface area (Å²) in [6.07, 6.45) is 5.13. The van der Waals surface area contributed by atoms with Gasteiger partial charge < -0.3 is 21.1 Å². The van der Waals surface area contributed by atoms with Crippen LogP contribution in [-0.2, 0) is 21.1 Å². The Labute approximate surface area is 236 Å². The van der Waals surface area contributed by atoms with Crippen molar-refractivity contribution >= 4 is 49.8 Å². The van der Waals surface area contributed by atoms with Crippen LogP contribution in [0.4, 0.5) is 22.0 Å². The lowest BCUT2D eigenvalue weighted by atomic mass is 10.1. The number of hydrogen-bond acceptors (Lipinski definition) is 7. The van der Waals surface area contributed by atoms with Crippen LogP contribution in [0.15, 0.2) is 119 Å². The summed E-state index contributed by atoms with van der Waals surface area (Å²) in [5, 5.41) is 19.8. The van der Waals surface area contributed by atoms with Gasteiger partial charge in [-0.2, -0.15) is 0 Å². The Morgan fingerprint density at radius 3 is 2.34 bits per heavy atom. The summed E-state index contributed by atoms with van der Waals surface area (Å²) in [7, 11) is -3.92. The molecule has 0 saturated carbocycles. The number of anilines is 3. The number of urea groups is 1. The third-order valence-electron chi connectivity index (χ3n) is 6.30. The minimum Gasteiger partial charge on any atom is -0.480 e. The van der Waals surface area contributed by atoms with E-state index in [0.29, 0.717) is 11.4 Å². The van der Waals surface area contributed by atoms with E-state index in [4.69, 9.17) is 0 Å². The average Bonchev–Trinajstić information content (AvgIpc) is 2.98. The summed E-state index contributed by atoms with van der Waals surface area (Å²) in [6.45, 7) is 0. The highest BCUT2D eigenvalue weighted by atomic mass is 32.2. The van der Waals surface area contributed by atoms with E-state index in [2.05, 4.69) is 25.9 Å². The van der Waals surface area contributed by atoms with E-state index >= 15 is 0 Å². The van der Waals surface area contributed by atoms with Gasteiger partial charge in [-0.25, -0.2) is 23.0 Å². The lowest BCUT2D eigenvalue weighted by molar-refractivity contribution is -0.139. The first kappa shape index (κ1) is 27.3. The molecule has 4 N–H and O–H groups in total. The van der Waals surface area contributed by atoms with Gasteiger partial charge in [0.2, 0.25) is 9.84 Å². The predicted molar refractivity (Wildman–Crippen MR) is 155 cm³/mol. The number of para-hydroxylation sites is 1. The zero-order chi connectivity index (χ0) is 28.8. The maximum atomic E-state index is 13.1. The molecule has 0 aliphatic carbocycles. The molecule has 0 aliphatic heterocycles. The highest BCUT2D eigenvalue weighted by molar-refractivity contribution is 7.91. The molecule has 0 fully saturated rings. The smallest absolute Gasteiger partial charge is 0.326 e. The Morgan fingerprint density at radius 2 is 1.59 bits per heavy atom. The summed E-state index contributed by atoms with van der Waals surface area (Å²) >= 11 is 0. The number of aliphatic carboxylic acids is 1. The normalized spacial score (nSPS) is 11.9. The van der Waals surface area contributed by atoms with Crippen LogP contribution in [0.1, 0.15) is 5.56 Å². The van der Waals surface area contributed by atoms with Gasteiger partial charge in [-0.15, -0.1) is 0 Å². The Morgan fingerprint density at radius 1 is 0.854 bits per heavy atom. The van der Waals surface area contributed by atoms with Crippen LogP contribution in [0.5, 0.6) is 0 Å². The lowest BCUT2D eigenvalue weighted by Crippen LogP contribution is -2.44. The van der Waals surface area contributed by atoms with E-state index in [1.54, 1.807) is 73.2 Å². The molecule has 3 aromatic carbocycles. The first-order chi connectivity index (χ1) is 19.8. The molecular weight excluding hydrogens is 542 g/mol. The van der Waals surface area contributed by atoms with Gasteiger partial charge in [0.05, 0.1) is 15.5 Å². The van der Waals surface area contributed by atoms with Crippen molar-refractivity contribution in [1.29, 1.82) is 0 Å². The molecule has 0 saturated heterocycles. The number of fused-ring (bicyclic) bond motifs is 1. The first-order valence-electron chi connectivity index (χ1n) is 12.6. The molecule has 0 radical (unpaired) electrons. The number of carbonyl (C=O) groups excluding carboxylic acids is 1. The molecule has 206 valence electrons. The highest BCUT2D eigenvalue weighted by Crippen LogP contribution is 2.28. The molecule has 2 amide bonds. The van der Waals surface area contributed by atoms with Crippen LogP contribution in [0.2, 0.25) is 0 Å². The van der Waals surface area contributed by atoms with Crippen LogP contribution in [0, 0.1) is 0 Å². The van der Waals surface area contributed by atoms with Gasteiger partial charge in [-0.3, -0.25) is 4.98 Å². The zero-order valence-corrected chi connectivity index (χ0v) is 22.4. The topological polar surface area (TPSA) is 150 Å². The van der Waals surface area contributed by atoms with Crippen molar-refractivity contribution in [3.05, 3.63) is 115 Å². The minimum absolute atomic E-state index is 0.00514. The zero-order valence-electron chi connectivity index (χ0n) is 21.6. The number of carboxylic acid groups (broad SMARTS) is 1. The molecule has 5 rings (SSSR count). The summed E-state index contributed by atoms with van der Waals surface area (Å²) in [4.78, 5) is 33.3. The third-order valence-corrected chi connectivity index (χ3v) is 8.13. The van der Waals surface area contributed by atoms with Crippen molar-refractivity contribution in [1.82, 2.24) is 15.3 Å². The average molecular weight is 568 g/mol. The molecule has 10 nitrogen and oxygen atoms in total. The van der Waals surface area contributed by atoms with E-state index < -0.39 is 27.9 Å². The van der Waals surface area contributed by atoms with Gasteiger partial charge in [0.25, 0.3) is 0 Å². The lowest BCUT2D eigenvalue weighted by Gasteiger charge is -2.17. The van der Waals surface area contributed by atoms with E-state index in [9.17, 15) is 23.1 Å². The number of aromatic nitrogens is 2. The number of benzene rings is 3. The number of pyridine rings is 2. The van der Waals surface area contributed by atoms with Crippen molar-refractivity contribution < 1.29 is 23.1 Å². The highest BCUT2D eigenvalue weighted by Gasteiger charge is 2.24. The maximum absolute atomic E-state index is 13.1. The van der Waals surface area contributed by atoms with Crippen molar-refractivity contribution in [2.24, 2.45) is 0 Å². The van der Waals surface area contributed by atoms with E-state index in [1.807, 2.05) is 12.1 Å². The number of amides is 2. The molecule has 0 bridgehead atoms. The van der Waals surface area contributed by atoms with Crippen molar-refractivity contribution in [3.63, 3.8) is 0 Å². The van der Waals surface area contributed by atoms with Gasteiger partial charge in [0.1, 0.15) is 11.9 Å². The van der Waals surface area contributed by atoms with E-state index in [1.165, 1.54) is 24.3 Å². The Kier molecular flexibility index (Phi) is 7.88. The van der Waals surface area contributed by atoms with Crippen molar-refractivity contribution in [3.8, 4) is 0 Å². The summed E-state index contributed by atoms with van der Waals surface area (Å²) in [5.74, 6) is -0.574. The van der Waals surface area contributed by atoms with Crippen LogP contribution in [0.25, 0.3) is 10.8 Å². The summed E-state index contributed by atoms with van der Waals surface area (Å²) in [5.41, 5.74) is 1.45. The fraction of sp³-hybridized carbons (Fsp3) is 0.0667. The van der Waals surface area contributed by atoms with Crippen LogP contribution in [0.3, 0.4) is 0 Å². The minimum atomic E-state index is -3.92. The number of hydrogen-bond donors (Lipinski definition) is 4. The van der Waals surface area contributed by atoms with Crippen molar-refractivity contribution in [2.45, 2.75) is 22.3 Å². The number of nitrogens with one attached hydrogen (secondary N) is 3. The van der Waals surface area contributed by atoms with Crippen LogP contribution >= 0.6 is 0 Å². The number of carboxylic acids is 1. The Balaban J connectivity index is 1.26. The molecule has 5 aromatic rings. The van der Waals surface area contributed by atoms with E-state index in [-0.39, 0.29) is 21.9 Å². The Hall–Kier alpha value is -5.29. The number of sulfone groups is 1. The largest absolute Gasteiger partial charge is 0.480 e. The monoisotopic (exact) mass is 567 g/mol. The predicted octanol–water partition coefficient (Wildman–Crippen LogP) is 5.02. The fourth-order valence-corrected chi connectivity index (χ4v) is 5.70. The standard InChI is InChI=1S/C30H25N5O5S/c36-29(37)26(18-20-10-12-22(13-11-20)33-28-24-15-16-31-19-21(24)14-17-32-28)35-30(38)34-25-8-4-5-9-27(25)41(39,40)23-6-2-1-3-7-23/h1-17,19,26H,18H2,(H,32,33)(H,36,37)(H2,34,35,38). The molecular formula is C30H25N5O5S. The van der Waals surface area contributed by atoms with Gasteiger partial charge >= 0.3 is 12.0 Å². The van der Waals surface area contributed by atoms with Gasteiger partial charge in [0.15, 0.2) is 0 Å². The number of rotatable bonds is 9. The summed E-state index contributed by atoms with van der Waals surface area (Å²) < 4.78 is 26.3. The molecule has 0 spiro atoms. The maximum Gasteiger partial charge on any atom is 0.326 e. The van der Waals surface area contributed by atoms with Crippen LogP contribution < -0.4 is 16.0 Å². The number of carbonyl (C=O) groups is 2. The van der Waals surface area contributed by atoms with Crippen LogP contribution in [-0.4, -0.2) is 41.5 Å². The van der Waals surface area contributed by atoms with Crippen molar-refractivity contribution in [2.75, 3.05) is 10.6 Å². The number of nitrogens with zero attached hydrogens (tertiary/aromatic N) is 2. The SMILES string of the molecule is O=C(Nc1ccccc1S(=O)(=O)c1ccccc1)NC(Cc1ccc(Nc2nccc3cnccc23)cc1)C(=O)O. The second kappa shape index (κ2) is 11.8. The second-order valence-electron chi connectivity index (χ2n) is 9.08. The van der Waals surface area contributed by atoms with Gasteiger partial charge in [-0.05, 0) is 54.1 Å². The summed E-state index contributed by atoms with van der Waals surface area (Å²) in [6, 6.07) is 22.5. The molecule has 41 heavy (non-hydrogen) atoms. The van der Waals surface area contributed by atoms with Gasteiger partial charge in [-0.1, -0.05) is 42.5 Å². The molecule has 0 aliphatic rings. The Bertz CT molecular complexity index is 1810. The first-order valence-corrected chi connectivity index (χ1v) is 14.0. The second-order valence-corrected chi connectivity index (χ2v) is 11.0. The fourth-order valence-electron chi connectivity index (χ4n) is 4.26. The third kappa shape index (κ3) is 6.31. The molecule has 11 heteroatoms. The van der Waals surface area contributed by atoms with Gasteiger partial charge in [0, 0.05) is 41.5 Å². The molecule has 1 atom stereocenters. The quantitative estimate of drug-likeness (QED) is 0.194.